The van der Waals surface area contributed by atoms with Crippen LogP contribution in [0.1, 0.15) is 28.4 Å². The largest absolute Gasteiger partial charge is 0.388 e. The molecule has 18 heavy (non-hydrogen) atoms. The van der Waals surface area contributed by atoms with Crippen molar-refractivity contribution in [1.29, 1.82) is 0 Å². The Morgan fingerprint density at radius 1 is 1.11 bits per heavy atom. The van der Waals surface area contributed by atoms with Crippen LogP contribution in [0.4, 0.5) is 0 Å². The lowest BCUT2D eigenvalue weighted by atomic mass is 9.97. The van der Waals surface area contributed by atoms with E-state index in [1.54, 1.807) is 0 Å². The minimum Gasteiger partial charge on any atom is -0.388 e. The van der Waals surface area contributed by atoms with Gasteiger partial charge >= 0.3 is 0 Å². The maximum atomic E-state index is 10.4. The molecule has 0 bridgehead atoms. The molecule has 0 aliphatic heterocycles. The number of aryl methyl sites for hydroxylation is 2. The number of halogens is 1. The second-order valence-electron chi connectivity index (χ2n) is 4.67. The smallest absolute Gasteiger partial charge is 0.0840 e. The Morgan fingerprint density at radius 2 is 1.83 bits per heavy atom. The molecule has 0 aliphatic rings. The van der Waals surface area contributed by atoms with E-state index in [0.717, 1.165) is 9.13 Å². The van der Waals surface area contributed by atoms with Gasteiger partial charge in [-0.2, -0.15) is 0 Å². The first-order valence-electron chi connectivity index (χ1n) is 6.06. The topological polar surface area (TPSA) is 20.2 Å². The van der Waals surface area contributed by atoms with E-state index in [1.165, 1.54) is 16.7 Å². The van der Waals surface area contributed by atoms with Gasteiger partial charge in [0, 0.05) is 9.99 Å². The number of aliphatic hydroxyl groups is 1. The van der Waals surface area contributed by atoms with E-state index in [4.69, 9.17) is 0 Å². The molecule has 0 fully saturated rings. The van der Waals surface area contributed by atoms with Gasteiger partial charge in [-0.05, 0) is 59.2 Å². The summed E-state index contributed by atoms with van der Waals surface area (Å²) in [6.45, 7) is 4.18. The quantitative estimate of drug-likeness (QED) is 0.822. The number of aliphatic hydroxyl groups excluding tert-OH is 1. The van der Waals surface area contributed by atoms with Crippen molar-refractivity contribution in [2.75, 3.05) is 0 Å². The molecule has 0 aliphatic carbocycles. The fourth-order valence-electron chi connectivity index (χ4n) is 2.08. The molecule has 1 nitrogen and oxygen atoms in total. The zero-order valence-corrected chi connectivity index (χ0v) is 12.8. The highest BCUT2D eigenvalue weighted by atomic mass is 127. The second kappa shape index (κ2) is 5.85. The van der Waals surface area contributed by atoms with Crippen molar-refractivity contribution in [1.82, 2.24) is 0 Å². The van der Waals surface area contributed by atoms with Crippen LogP contribution >= 0.6 is 22.6 Å². The predicted molar refractivity (Wildman–Crippen MR) is 83.7 cm³/mol. The molecule has 0 radical (unpaired) electrons. The average Bonchev–Trinajstić information content (AvgIpc) is 2.34. The minimum atomic E-state index is -0.432. The van der Waals surface area contributed by atoms with Crippen molar-refractivity contribution in [2.45, 2.75) is 26.4 Å². The average molecular weight is 352 g/mol. The molecule has 0 spiro atoms. The Bertz CT molecular complexity index is 549. The third kappa shape index (κ3) is 3.12. The first-order valence-corrected chi connectivity index (χ1v) is 7.14. The molecular weight excluding hydrogens is 335 g/mol. The van der Waals surface area contributed by atoms with Crippen molar-refractivity contribution in [3.63, 3.8) is 0 Å². The van der Waals surface area contributed by atoms with Crippen molar-refractivity contribution in [2.24, 2.45) is 0 Å². The third-order valence-electron chi connectivity index (χ3n) is 3.18. The Hall–Kier alpha value is -0.870. The normalized spacial score (nSPS) is 12.4. The van der Waals surface area contributed by atoms with Crippen molar-refractivity contribution in [3.05, 3.63) is 68.3 Å². The van der Waals surface area contributed by atoms with E-state index in [-0.39, 0.29) is 0 Å². The van der Waals surface area contributed by atoms with E-state index in [1.807, 2.05) is 24.3 Å². The SMILES string of the molecule is Cc1ccc(C)c(CC(O)c2ccccc2I)c1. The van der Waals surface area contributed by atoms with Gasteiger partial charge in [-0.3, -0.25) is 0 Å². The van der Waals surface area contributed by atoms with E-state index in [0.29, 0.717) is 6.42 Å². The molecule has 1 N–H and O–H groups in total. The van der Waals surface area contributed by atoms with Crippen molar-refractivity contribution < 1.29 is 5.11 Å². The van der Waals surface area contributed by atoms with Gasteiger partial charge in [0.2, 0.25) is 0 Å². The van der Waals surface area contributed by atoms with Gasteiger partial charge in [0.05, 0.1) is 6.10 Å². The molecule has 1 unspecified atom stereocenters. The zero-order chi connectivity index (χ0) is 13.1. The van der Waals surface area contributed by atoms with Crippen LogP contribution in [0.15, 0.2) is 42.5 Å². The molecular formula is C16H17IO. The molecule has 0 heterocycles. The molecule has 0 aromatic heterocycles. The molecule has 94 valence electrons. The summed E-state index contributed by atoms with van der Waals surface area (Å²) in [6.07, 6.45) is 0.242. The summed E-state index contributed by atoms with van der Waals surface area (Å²) in [5.74, 6) is 0. The first-order chi connectivity index (χ1) is 8.58. The van der Waals surface area contributed by atoms with Gasteiger partial charge in [0.25, 0.3) is 0 Å². The Morgan fingerprint density at radius 3 is 2.56 bits per heavy atom. The summed E-state index contributed by atoms with van der Waals surface area (Å²) in [6, 6.07) is 14.4. The monoisotopic (exact) mass is 352 g/mol. The van der Waals surface area contributed by atoms with E-state index < -0.39 is 6.10 Å². The minimum absolute atomic E-state index is 0.432. The van der Waals surface area contributed by atoms with Crippen LogP contribution in [0.2, 0.25) is 0 Å². The van der Waals surface area contributed by atoms with E-state index in [9.17, 15) is 5.11 Å². The summed E-state index contributed by atoms with van der Waals surface area (Å²) in [5.41, 5.74) is 4.72. The number of benzene rings is 2. The third-order valence-corrected chi connectivity index (χ3v) is 4.16. The zero-order valence-electron chi connectivity index (χ0n) is 10.7. The molecule has 0 saturated heterocycles. The first kappa shape index (κ1) is 13.6. The molecule has 2 aromatic carbocycles. The molecule has 0 saturated carbocycles. The summed E-state index contributed by atoms with van der Waals surface area (Å²) < 4.78 is 1.12. The highest BCUT2D eigenvalue weighted by Gasteiger charge is 2.12. The standard InChI is InChI=1S/C16H17IO/c1-11-7-8-12(2)13(9-11)10-16(18)14-5-3-4-6-15(14)17/h3-9,16,18H,10H2,1-2H3. The Balaban J connectivity index is 2.24. The molecule has 1 atom stereocenters. The number of hydrogen-bond donors (Lipinski definition) is 1. The molecule has 2 rings (SSSR count). The fourth-order valence-corrected chi connectivity index (χ4v) is 2.83. The Kier molecular flexibility index (Phi) is 4.40. The van der Waals surface area contributed by atoms with Crippen LogP contribution in [0.5, 0.6) is 0 Å². The van der Waals surface area contributed by atoms with Gasteiger partial charge in [0.15, 0.2) is 0 Å². The van der Waals surface area contributed by atoms with Crippen molar-refractivity contribution >= 4 is 22.6 Å². The highest BCUT2D eigenvalue weighted by Crippen LogP contribution is 2.24. The van der Waals surface area contributed by atoms with Gasteiger partial charge in [-0.1, -0.05) is 42.0 Å². The lowest BCUT2D eigenvalue weighted by molar-refractivity contribution is 0.177. The Labute approximate surface area is 122 Å². The van der Waals surface area contributed by atoms with Gasteiger partial charge < -0.3 is 5.11 Å². The summed E-state index contributed by atoms with van der Waals surface area (Å²) in [5, 5.41) is 10.4. The summed E-state index contributed by atoms with van der Waals surface area (Å²) >= 11 is 2.27. The maximum absolute atomic E-state index is 10.4. The van der Waals surface area contributed by atoms with Crippen LogP contribution in [0.3, 0.4) is 0 Å². The molecule has 0 amide bonds. The lowest BCUT2D eigenvalue weighted by Gasteiger charge is -2.15. The predicted octanol–water partition coefficient (Wildman–Crippen LogP) is 4.18. The fraction of sp³-hybridized carbons (Fsp3) is 0.250. The van der Waals surface area contributed by atoms with E-state index in [2.05, 4.69) is 54.6 Å². The lowest BCUT2D eigenvalue weighted by Crippen LogP contribution is -2.05. The van der Waals surface area contributed by atoms with Crippen LogP contribution in [0.25, 0.3) is 0 Å². The van der Waals surface area contributed by atoms with Crippen molar-refractivity contribution in [3.8, 4) is 0 Å². The number of hydrogen-bond acceptors (Lipinski definition) is 1. The van der Waals surface area contributed by atoms with Gasteiger partial charge in [0.1, 0.15) is 0 Å². The highest BCUT2D eigenvalue weighted by molar-refractivity contribution is 14.1. The second-order valence-corrected chi connectivity index (χ2v) is 5.83. The van der Waals surface area contributed by atoms with Crippen LogP contribution in [-0.2, 0) is 6.42 Å². The summed E-state index contributed by atoms with van der Waals surface area (Å²) in [4.78, 5) is 0. The van der Waals surface area contributed by atoms with Gasteiger partial charge in [-0.15, -0.1) is 0 Å². The molecule has 2 heteroatoms. The number of rotatable bonds is 3. The maximum Gasteiger partial charge on any atom is 0.0840 e. The van der Waals surface area contributed by atoms with E-state index >= 15 is 0 Å². The van der Waals surface area contributed by atoms with Crippen LogP contribution < -0.4 is 0 Å². The van der Waals surface area contributed by atoms with Crippen LogP contribution in [-0.4, -0.2) is 5.11 Å². The molecule has 2 aromatic rings. The van der Waals surface area contributed by atoms with Gasteiger partial charge in [-0.25, -0.2) is 0 Å². The summed E-state index contributed by atoms with van der Waals surface area (Å²) in [7, 11) is 0. The van der Waals surface area contributed by atoms with Crippen LogP contribution in [0, 0.1) is 17.4 Å².